The van der Waals surface area contributed by atoms with Crippen molar-refractivity contribution in [2.75, 3.05) is 26.7 Å². The maximum atomic E-state index is 12.1. The number of nitrogens with one attached hydrogen (secondary N) is 2. The molecule has 112 valence electrons. The Hall–Kier alpha value is -0.610. The number of hydrogen-bond acceptors (Lipinski definition) is 3. The fourth-order valence-corrected chi connectivity index (χ4v) is 2.39. The van der Waals surface area contributed by atoms with Crippen molar-refractivity contribution in [3.8, 4) is 0 Å². The second kappa shape index (κ2) is 7.85. The first-order chi connectivity index (χ1) is 8.96. The van der Waals surface area contributed by atoms with Gasteiger partial charge in [-0.05, 0) is 73.0 Å². The molecule has 1 saturated heterocycles. The largest absolute Gasteiger partial charge is 0.355 e. The summed E-state index contributed by atoms with van der Waals surface area (Å²) in [6, 6.07) is 0.597. The molecule has 1 fully saturated rings. The first-order valence-corrected chi connectivity index (χ1v) is 7.69. The highest BCUT2D eigenvalue weighted by molar-refractivity contribution is 5.85. The number of carbonyl (C=O) groups is 1. The molecule has 0 aromatic heterocycles. The number of unbranched alkanes of at least 4 members (excludes halogenated alkanes) is 1. The average molecular weight is 269 g/mol. The molecule has 1 aliphatic rings. The van der Waals surface area contributed by atoms with Gasteiger partial charge in [0.1, 0.15) is 0 Å². The first-order valence-electron chi connectivity index (χ1n) is 7.69. The van der Waals surface area contributed by atoms with Crippen LogP contribution in [-0.4, -0.2) is 49.1 Å². The Morgan fingerprint density at radius 3 is 2.68 bits per heavy atom. The molecule has 1 atom stereocenters. The van der Waals surface area contributed by atoms with Gasteiger partial charge in [-0.2, -0.15) is 0 Å². The Kier molecular flexibility index (Phi) is 6.80. The molecule has 0 bridgehead atoms. The minimum Gasteiger partial charge on any atom is -0.355 e. The van der Waals surface area contributed by atoms with Crippen molar-refractivity contribution in [1.29, 1.82) is 0 Å². The lowest BCUT2D eigenvalue weighted by Crippen LogP contribution is -2.57. The molecular formula is C15H31N3O. The average Bonchev–Trinajstić information content (AvgIpc) is 2.38. The van der Waals surface area contributed by atoms with Gasteiger partial charge in [0, 0.05) is 12.6 Å². The van der Waals surface area contributed by atoms with Gasteiger partial charge < -0.3 is 15.5 Å². The van der Waals surface area contributed by atoms with Gasteiger partial charge in [-0.25, -0.2) is 0 Å². The Morgan fingerprint density at radius 1 is 1.37 bits per heavy atom. The number of amides is 1. The molecule has 1 aliphatic heterocycles. The third-order valence-corrected chi connectivity index (χ3v) is 4.22. The van der Waals surface area contributed by atoms with Crippen LogP contribution in [0.4, 0.5) is 0 Å². The van der Waals surface area contributed by atoms with E-state index in [4.69, 9.17) is 0 Å². The van der Waals surface area contributed by atoms with E-state index in [0.717, 1.165) is 45.3 Å². The lowest BCUT2D eigenvalue weighted by molar-refractivity contribution is -0.127. The summed E-state index contributed by atoms with van der Waals surface area (Å²) in [5.74, 6) is 0.171. The van der Waals surface area contributed by atoms with E-state index in [1.807, 2.05) is 6.92 Å². The quantitative estimate of drug-likeness (QED) is 0.692. The van der Waals surface area contributed by atoms with E-state index in [1.54, 1.807) is 0 Å². The minimum atomic E-state index is -0.340. The van der Waals surface area contributed by atoms with Crippen LogP contribution in [0.5, 0.6) is 0 Å². The summed E-state index contributed by atoms with van der Waals surface area (Å²) < 4.78 is 0. The molecule has 19 heavy (non-hydrogen) atoms. The normalized spacial score (nSPS) is 23.9. The summed E-state index contributed by atoms with van der Waals surface area (Å²) >= 11 is 0. The van der Waals surface area contributed by atoms with E-state index in [-0.39, 0.29) is 11.4 Å². The molecule has 0 spiro atoms. The number of carbonyl (C=O) groups excluding carboxylic acids is 1. The van der Waals surface area contributed by atoms with Crippen molar-refractivity contribution in [3.63, 3.8) is 0 Å². The number of piperidine rings is 1. The molecule has 0 saturated carbocycles. The molecule has 0 aliphatic carbocycles. The second-order valence-electron chi connectivity index (χ2n) is 6.25. The summed E-state index contributed by atoms with van der Waals surface area (Å²) in [4.78, 5) is 14.5. The van der Waals surface area contributed by atoms with Crippen LogP contribution in [0.3, 0.4) is 0 Å². The Bertz CT molecular complexity index is 273. The zero-order chi connectivity index (χ0) is 14.3. The maximum absolute atomic E-state index is 12.1. The topological polar surface area (TPSA) is 44.4 Å². The molecule has 1 unspecified atom stereocenters. The summed E-state index contributed by atoms with van der Waals surface area (Å²) in [7, 11) is 2.15. The maximum Gasteiger partial charge on any atom is 0.240 e. The highest BCUT2D eigenvalue weighted by Crippen LogP contribution is 2.18. The van der Waals surface area contributed by atoms with Gasteiger partial charge >= 0.3 is 0 Å². The van der Waals surface area contributed by atoms with Gasteiger partial charge in [0.25, 0.3) is 0 Å². The zero-order valence-corrected chi connectivity index (χ0v) is 13.1. The van der Waals surface area contributed by atoms with Crippen LogP contribution in [0.15, 0.2) is 0 Å². The molecule has 0 radical (unpaired) electrons. The standard InChI is InChI=1S/C15H31N3O/c1-13(2)18(4)12-8-7-10-16-14(19)15(3)9-5-6-11-17-15/h13,17H,5-12H2,1-4H3,(H,16,19). The number of rotatable bonds is 7. The van der Waals surface area contributed by atoms with E-state index in [1.165, 1.54) is 6.42 Å². The lowest BCUT2D eigenvalue weighted by atomic mass is 9.90. The Balaban J connectivity index is 2.13. The molecule has 2 N–H and O–H groups in total. The highest BCUT2D eigenvalue weighted by atomic mass is 16.2. The van der Waals surface area contributed by atoms with E-state index >= 15 is 0 Å². The van der Waals surface area contributed by atoms with Crippen LogP contribution < -0.4 is 10.6 Å². The van der Waals surface area contributed by atoms with Crippen LogP contribution in [0.1, 0.15) is 52.9 Å². The first kappa shape index (κ1) is 16.4. The Labute approximate surface area is 118 Å². The molecule has 1 rings (SSSR count). The van der Waals surface area contributed by atoms with Crippen molar-refractivity contribution in [3.05, 3.63) is 0 Å². The van der Waals surface area contributed by atoms with Crippen molar-refractivity contribution >= 4 is 5.91 Å². The third-order valence-electron chi connectivity index (χ3n) is 4.22. The van der Waals surface area contributed by atoms with E-state index in [0.29, 0.717) is 6.04 Å². The van der Waals surface area contributed by atoms with Gasteiger partial charge in [-0.15, -0.1) is 0 Å². The summed E-state index contributed by atoms with van der Waals surface area (Å²) in [6.07, 6.45) is 5.48. The highest BCUT2D eigenvalue weighted by Gasteiger charge is 2.33. The summed E-state index contributed by atoms with van der Waals surface area (Å²) in [5.41, 5.74) is -0.340. The second-order valence-corrected chi connectivity index (χ2v) is 6.25. The summed E-state index contributed by atoms with van der Waals surface area (Å²) in [6.45, 7) is 9.29. The zero-order valence-electron chi connectivity index (χ0n) is 13.1. The van der Waals surface area contributed by atoms with Crippen LogP contribution in [0.25, 0.3) is 0 Å². The molecule has 1 heterocycles. The van der Waals surface area contributed by atoms with Gasteiger partial charge in [0.2, 0.25) is 5.91 Å². The molecule has 1 amide bonds. The number of hydrogen-bond donors (Lipinski definition) is 2. The van der Waals surface area contributed by atoms with Gasteiger partial charge in [-0.3, -0.25) is 4.79 Å². The third kappa shape index (κ3) is 5.49. The SMILES string of the molecule is CC(C)N(C)CCCCNC(=O)C1(C)CCCCN1. The fraction of sp³-hybridized carbons (Fsp3) is 0.933. The predicted molar refractivity (Wildman–Crippen MR) is 80.3 cm³/mol. The molecule has 4 heteroatoms. The molecule has 0 aromatic rings. The lowest BCUT2D eigenvalue weighted by Gasteiger charge is -2.33. The smallest absolute Gasteiger partial charge is 0.240 e. The molecule has 0 aromatic carbocycles. The van der Waals surface area contributed by atoms with Gasteiger partial charge in [0.15, 0.2) is 0 Å². The minimum absolute atomic E-state index is 0.171. The predicted octanol–water partition coefficient (Wildman–Crippen LogP) is 1.76. The van der Waals surface area contributed by atoms with E-state index in [2.05, 4.69) is 36.4 Å². The van der Waals surface area contributed by atoms with Gasteiger partial charge in [-0.1, -0.05) is 0 Å². The van der Waals surface area contributed by atoms with Crippen LogP contribution >= 0.6 is 0 Å². The van der Waals surface area contributed by atoms with E-state index in [9.17, 15) is 4.79 Å². The fourth-order valence-electron chi connectivity index (χ4n) is 2.39. The van der Waals surface area contributed by atoms with Crippen molar-refractivity contribution in [2.45, 2.75) is 64.5 Å². The van der Waals surface area contributed by atoms with E-state index < -0.39 is 0 Å². The Morgan fingerprint density at radius 2 is 2.11 bits per heavy atom. The molecule has 4 nitrogen and oxygen atoms in total. The van der Waals surface area contributed by atoms with Crippen molar-refractivity contribution in [1.82, 2.24) is 15.5 Å². The molecular weight excluding hydrogens is 238 g/mol. The number of nitrogens with zero attached hydrogens (tertiary/aromatic N) is 1. The summed E-state index contributed by atoms with van der Waals surface area (Å²) in [5, 5.41) is 6.42. The van der Waals surface area contributed by atoms with Crippen molar-refractivity contribution < 1.29 is 4.79 Å². The van der Waals surface area contributed by atoms with Crippen molar-refractivity contribution in [2.24, 2.45) is 0 Å². The van der Waals surface area contributed by atoms with Crippen LogP contribution in [0.2, 0.25) is 0 Å². The van der Waals surface area contributed by atoms with Gasteiger partial charge in [0.05, 0.1) is 5.54 Å². The monoisotopic (exact) mass is 269 g/mol. The van der Waals surface area contributed by atoms with Crippen LogP contribution in [0, 0.1) is 0 Å². The van der Waals surface area contributed by atoms with Crippen LogP contribution in [-0.2, 0) is 4.79 Å².